The smallest absolute Gasteiger partial charge is 0.0871 e. The highest BCUT2D eigenvalue weighted by Gasteiger charge is 2.09. The van der Waals surface area contributed by atoms with Gasteiger partial charge in [-0.3, -0.25) is 4.90 Å². The lowest BCUT2D eigenvalue weighted by atomic mass is 10.1. The molecule has 0 aliphatic carbocycles. The summed E-state index contributed by atoms with van der Waals surface area (Å²) in [4.78, 5) is 2.09. The quantitative estimate of drug-likeness (QED) is 0.551. The minimum absolute atomic E-state index is 0.354. The van der Waals surface area contributed by atoms with Crippen molar-refractivity contribution in [2.24, 2.45) is 0 Å². The monoisotopic (exact) mass is 354 g/mol. The van der Waals surface area contributed by atoms with Crippen LogP contribution in [0.3, 0.4) is 0 Å². The Bertz CT molecular complexity index is 900. The van der Waals surface area contributed by atoms with Crippen LogP contribution in [0.4, 0.5) is 0 Å². The van der Waals surface area contributed by atoms with E-state index in [1.165, 1.54) is 16.3 Å². The van der Waals surface area contributed by atoms with Crippen LogP contribution in [0.1, 0.15) is 11.1 Å². The molecule has 3 aromatic rings. The molecule has 0 aliphatic rings. The summed E-state index contributed by atoms with van der Waals surface area (Å²) in [6.07, 6.45) is 0. The fourth-order valence-corrected chi connectivity index (χ4v) is 3.08. The van der Waals surface area contributed by atoms with Gasteiger partial charge in [-0.05, 0) is 40.1 Å². The SMILES string of the molecule is N#CCN(Cc1ccc(Cl)c(Cl)c1)Cc1ccc2ccccc2c1. The largest absolute Gasteiger partial charge is 0.282 e. The lowest BCUT2D eigenvalue weighted by Gasteiger charge is -2.20. The molecule has 0 amide bonds. The topological polar surface area (TPSA) is 27.0 Å². The molecule has 0 unspecified atom stereocenters. The third-order valence-electron chi connectivity index (χ3n) is 3.90. The number of hydrogen-bond donors (Lipinski definition) is 0. The summed E-state index contributed by atoms with van der Waals surface area (Å²) in [5.41, 5.74) is 2.23. The van der Waals surface area contributed by atoms with Crippen LogP contribution in [0.2, 0.25) is 10.0 Å². The van der Waals surface area contributed by atoms with Gasteiger partial charge in [0.1, 0.15) is 0 Å². The summed E-state index contributed by atoms with van der Waals surface area (Å²) >= 11 is 12.1. The van der Waals surface area contributed by atoms with Crippen LogP contribution in [-0.4, -0.2) is 11.4 Å². The first-order chi connectivity index (χ1) is 11.7. The minimum Gasteiger partial charge on any atom is -0.282 e. The number of rotatable bonds is 5. The van der Waals surface area contributed by atoms with Crippen molar-refractivity contribution in [1.29, 1.82) is 5.26 Å². The Morgan fingerprint density at radius 3 is 2.17 bits per heavy atom. The maximum atomic E-state index is 9.12. The summed E-state index contributed by atoms with van der Waals surface area (Å²) in [5.74, 6) is 0. The number of halogens is 2. The lowest BCUT2D eigenvalue weighted by molar-refractivity contribution is 0.289. The van der Waals surface area contributed by atoms with Gasteiger partial charge in [0.15, 0.2) is 0 Å². The number of fused-ring (bicyclic) bond motifs is 1. The Balaban J connectivity index is 1.79. The molecule has 0 atom stereocenters. The van der Waals surface area contributed by atoms with Gasteiger partial charge in [0.2, 0.25) is 0 Å². The van der Waals surface area contributed by atoms with Gasteiger partial charge in [0, 0.05) is 13.1 Å². The van der Waals surface area contributed by atoms with Gasteiger partial charge in [0.25, 0.3) is 0 Å². The summed E-state index contributed by atoms with van der Waals surface area (Å²) in [5, 5.41) is 12.6. The summed E-state index contributed by atoms with van der Waals surface area (Å²) < 4.78 is 0. The summed E-state index contributed by atoms with van der Waals surface area (Å²) in [6.45, 7) is 1.71. The van der Waals surface area contributed by atoms with E-state index in [2.05, 4.69) is 41.3 Å². The van der Waals surface area contributed by atoms with Crippen LogP contribution in [0, 0.1) is 11.3 Å². The van der Waals surface area contributed by atoms with Gasteiger partial charge < -0.3 is 0 Å². The third-order valence-corrected chi connectivity index (χ3v) is 4.64. The summed E-state index contributed by atoms with van der Waals surface area (Å²) in [7, 11) is 0. The normalized spacial score (nSPS) is 10.9. The van der Waals surface area contributed by atoms with E-state index < -0.39 is 0 Å². The van der Waals surface area contributed by atoms with Gasteiger partial charge in [0.05, 0.1) is 22.7 Å². The number of hydrogen-bond acceptors (Lipinski definition) is 2. The van der Waals surface area contributed by atoms with Crippen LogP contribution in [0.15, 0.2) is 60.7 Å². The highest BCUT2D eigenvalue weighted by Crippen LogP contribution is 2.24. The molecule has 0 fully saturated rings. The second-order valence-corrected chi connectivity index (χ2v) is 6.55. The Morgan fingerprint density at radius 1 is 0.792 bits per heavy atom. The van der Waals surface area contributed by atoms with Crippen molar-refractivity contribution in [3.8, 4) is 6.07 Å². The first-order valence-electron chi connectivity index (χ1n) is 7.66. The Kier molecular flexibility index (Phi) is 5.37. The average Bonchev–Trinajstić information content (AvgIpc) is 2.58. The first-order valence-corrected chi connectivity index (χ1v) is 8.42. The molecule has 2 nitrogen and oxygen atoms in total. The zero-order chi connectivity index (χ0) is 16.9. The maximum Gasteiger partial charge on any atom is 0.0871 e. The van der Waals surface area contributed by atoms with Crippen molar-refractivity contribution >= 4 is 34.0 Å². The fourth-order valence-electron chi connectivity index (χ4n) is 2.76. The fraction of sp³-hybridized carbons (Fsp3) is 0.150. The predicted molar refractivity (Wildman–Crippen MR) is 100 cm³/mol. The average molecular weight is 355 g/mol. The van der Waals surface area contributed by atoms with Crippen LogP contribution >= 0.6 is 23.2 Å². The van der Waals surface area contributed by atoms with E-state index >= 15 is 0 Å². The molecule has 0 radical (unpaired) electrons. The molecule has 0 saturated heterocycles. The molecule has 0 spiro atoms. The van der Waals surface area contributed by atoms with Crippen LogP contribution in [0.5, 0.6) is 0 Å². The van der Waals surface area contributed by atoms with E-state index in [4.69, 9.17) is 28.5 Å². The van der Waals surface area contributed by atoms with E-state index in [0.29, 0.717) is 29.7 Å². The van der Waals surface area contributed by atoms with E-state index in [1.807, 2.05) is 24.3 Å². The molecule has 0 saturated carbocycles. The number of nitriles is 1. The lowest BCUT2D eigenvalue weighted by Crippen LogP contribution is -2.23. The van der Waals surface area contributed by atoms with Crippen LogP contribution < -0.4 is 0 Å². The van der Waals surface area contributed by atoms with Crippen molar-refractivity contribution in [2.45, 2.75) is 13.1 Å². The van der Waals surface area contributed by atoms with Gasteiger partial charge in [-0.25, -0.2) is 0 Å². The van der Waals surface area contributed by atoms with Gasteiger partial charge in [-0.1, -0.05) is 65.7 Å². The highest BCUT2D eigenvalue weighted by atomic mass is 35.5. The Morgan fingerprint density at radius 2 is 1.46 bits per heavy atom. The first kappa shape index (κ1) is 16.8. The molecule has 0 aliphatic heterocycles. The maximum absolute atomic E-state index is 9.12. The van der Waals surface area contributed by atoms with Crippen molar-refractivity contribution in [3.63, 3.8) is 0 Å². The Labute approximate surface area is 151 Å². The standard InChI is InChI=1S/C20H16Cl2N2/c21-19-8-6-16(12-20(19)22)14-24(10-9-23)13-15-5-7-17-3-1-2-4-18(17)11-15/h1-8,11-12H,10,13-14H2. The highest BCUT2D eigenvalue weighted by molar-refractivity contribution is 6.42. The predicted octanol–water partition coefficient (Wildman–Crippen LogP) is 5.67. The number of nitrogens with zero attached hydrogens (tertiary/aromatic N) is 2. The molecule has 4 heteroatoms. The molecule has 24 heavy (non-hydrogen) atoms. The molecular formula is C20H16Cl2N2. The van der Waals surface area contributed by atoms with Crippen molar-refractivity contribution in [2.75, 3.05) is 6.54 Å². The molecule has 0 aromatic heterocycles. The molecule has 0 heterocycles. The van der Waals surface area contributed by atoms with Gasteiger partial charge >= 0.3 is 0 Å². The van der Waals surface area contributed by atoms with Crippen molar-refractivity contribution < 1.29 is 0 Å². The van der Waals surface area contributed by atoms with Crippen LogP contribution in [-0.2, 0) is 13.1 Å². The zero-order valence-electron chi connectivity index (χ0n) is 13.0. The molecule has 120 valence electrons. The molecule has 0 bridgehead atoms. The minimum atomic E-state index is 0.354. The molecular weight excluding hydrogens is 339 g/mol. The van der Waals surface area contributed by atoms with E-state index in [1.54, 1.807) is 6.07 Å². The summed E-state index contributed by atoms with van der Waals surface area (Å²) in [6, 6.07) is 22.5. The second-order valence-electron chi connectivity index (χ2n) is 5.73. The molecule has 3 rings (SSSR count). The van der Waals surface area contributed by atoms with Gasteiger partial charge in [-0.15, -0.1) is 0 Å². The Hall–Kier alpha value is -2.05. The third kappa shape index (κ3) is 4.07. The second kappa shape index (κ2) is 7.68. The van der Waals surface area contributed by atoms with Crippen molar-refractivity contribution in [1.82, 2.24) is 4.90 Å². The number of benzene rings is 3. The van der Waals surface area contributed by atoms with E-state index in [-0.39, 0.29) is 0 Å². The van der Waals surface area contributed by atoms with Crippen LogP contribution in [0.25, 0.3) is 10.8 Å². The zero-order valence-corrected chi connectivity index (χ0v) is 14.6. The van der Waals surface area contributed by atoms with Gasteiger partial charge in [-0.2, -0.15) is 5.26 Å². The van der Waals surface area contributed by atoms with Crippen molar-refractivity contribution in [3.05, 3.63) is 81.8 Å². The molecule has 0 N–H and O–H groups in total. The van der Waals surface area contributed by atoms with E-state index in [0.717, 1.165) is 5.56 Å². The van der Waals surface area contributed by atoms with E-state index in [9.17, 15) is 0 Å². The molecule has 3 aromatic carbocycles.